The first-order valence-electron chi connectivity index (χ1n) is 9.20. The van der Waals surface area contributed by atoms with Crippen molar-refractivity contribution in [1.82, 2.24) is 14.9 Å². The largest absolute Gasteiger partial charge is 0.393 e. The van der Waals surface area contributed by atoms with Gasteiger partial charge in [-0.05, 0) is 32.6 Å². The first kappa shape index (κ1) is 17.6. The van der Waals surface area contributed by atoms with Gasteiger partial charge in [-0.1, -0.05) is 13.3 Å². The Hall–Kier alpha value is -1.24. The summed E-state index contributed by atoms with van der Waals surface area (Å²) in [5.74, 6) is 1.91. The molecule has 6 heteroatoms. The Bertz CT molecular complexity index is 560. The van der Waals surface area contributed by atoms with Gasteiger partial charge in [0.15, 0.2) is 0 Å². The first-order valence-corrected chi connectivity index (χ1v) is 9.20. The lowest BCUT2D eigenvalue weighted by molar-refractivity contribution is -0.00940. The highest BCUT2D eigenvalue weighted by Gasteiger charge is 2.39. The fourth-order valence-electron chi connectivity index (χ4n) is 3.95. The molecule has 0 amide bonds. The SMILES string of the molecule is CCCc1cc(N2CCC(N3CCC(O)(CO)C3)CC2)nc(C)n1. The minimum atomic E-state index is -0.893. The number of aliphatic hydroxyl groups excluding tert-OH is 1. The van der Waals surface area contributed by atoms with Gasteiger partial charge < -0.3 is 15.1 Å². The molecule has 1 atom stereocenters. The van der Waals surface area contributed by atoms with Gasteiger partial charge in [-0.15, -0.1) is 0 Å². The highest BCUT2D eigenvalue weighted by atomic mass is 16.3. The van der Waals surface area contributed by atoms with Crippen molar-refractivity contribution in [3.05, 3.63) is 17.6 Å². The van der Waals surface area contributed by atoms with Crippen molar-refractivity contribution in [3.8, 4) is 0 Å². The monoisotopic (exact) mass is 334 g/mol. The maximum absolute atomic E-state index is 10.2. The second-order valence-electron chi connectivity index (χ2n) is 7.34. The molecular formula is C18H30N4O2. The number of nitrogens with zero attached hydrogens (tertiary/aromatic N) is 4. The average Bonchev–Trinajstić information content (AvgIpc) is 2.98. The summed E-state index contributed by atoms with van der Waals surface area (Å²) in [5, 5.41) is 19.6. The predicted molar refractivity (Wildman–Crippen MR) is 94.2 cm³/mol. The van der Waals surface area contributed by atoms with Crippen LogP contribution in [-0.2, 0) is 6.42 Å². The summed E-state index contributed by atoms with van der Waals surface area (Å²) in [5.41, 5.74) is 0.241. The Balaban J connectivity index is 1.59. The molecule has 0 aromatic carbocycles. The van der Waals surface area contributed by atoms with Crippen molar-refractivity contribution in [1.29, 1.82) is 0 Å². The standard InChI is InChI=1S/C18H30N4O2/c1-3-4-15-11-17(20-14(2)19-15)21-8-5-16(6-9-21)22-10-7-18(24,12-22)13-23/h11,16,23-24H,3-10,12-13H2,1-2H3. The van der Waals surface area contributed by atoms with Gasteiger partial charge in [-0.25, -0.2) is 9.97 Å². The van der Waals surface area contributed by atoms with E-state index in [4.69, 9.17) is 0 Å². The summed E-state index contributed by atoms with van der Waals surface area (Å²) in [4.78, 5) is 13.9. The number of hydrogen-bond acceptors (Lipinski definition) is 6. The van der Waals surface area contributed by atoms with E-state index >= 15 is 0 Å². The molecule has 1 aromatic rings. The zero-order chi connectivity index (χ0) is 17.2. The first-order chi connectivity index (χ1) is 11.5. The van der Waals surface area contributed by atoms with Crippen LogP contribution in [0.2, 0.25) is 0 Å². The molecule has 1 aromatic heterocycles. The predicted octanol–water partition coefficient (Wildman–Crippen LogP) is 1.14. The van der Waals surface area contributed by atoms with Crippen LogP contribution in [0.15, 0.2) is 6.07 Å². The molecule has 2 N–H and O–H groups in total. The topological polar surface area (TPSA) is 72.7 Å². The molecule has 2 aliphatic heterocycles. The molecule has 0 spiro atoms. The average molecular weight is 334 g/mol. The number of aliphatic hydroxyl groups is 2. The smallest absolute Gasteiger partial charge is 0.132 e. The number of aryl methyl sites for hydroxylation is 2. The molecule has 3 rings (SSSR count). The summed E-state index contributed by atoms with van der Waals surface area (Å²) in [6.07, 6.45) is 4.93. The van der Waals surface area contributed by atoms with Gasteiger partial charge in [0.05, 0.1) is 6.61 Å². The van der Waals surface area contributed by atoms with Crippen molar-refractivity contribution in [3.63, 3.8) is 0 Å². The Morgan fingerprint density at radius 1 is 1.25 bits per heavy atom. The van der Waals surface area contributed by atoms with Gasteiger partial charge in [-0.3, -0.25) is 4.90 Å². The third-order valence-corrected chi connectivity index (χ3v) is 5.34. The van der Waals surface area contributed by atoms with Crippen LogP contribution < -0.4 is 4.90 Å². The molecule has 1 unspecified atom stereocenters. The Morgan fingerprint density at radius 2 is 2.00 bits per heavy atom. The maximum Gasteiger partial charge on any atom is 0.132 e. The summed E-state index contributed by atoms with van der Waals surface area (Å²) < 4.78 is 0. The van der Waals surface area contributed by atoms with Crippen LogP contribution in [-0.4, -0.2) is 69.5 Å². The zero-order valence-corrected chi connectivity index (χ0v) is 14.9. The van der Waals surface area contributed by atoms with Gasteiger partial charge in [-0.2, -0.15) is 0 Å². The lowest BCUT2D eigenvalue weighted by atomic mass is 10.0. The molecule has 2 fully saturated rings. The minimum Gasteiger partial charge on any atom is -0.393 e. The number of anilines is 1. The molecule has 3 heterocycles. The van der Waals surface area contributed by atoms with E-state index in [9.17, 15) is 10.2 Å². The van der Waals surface area contributed by atoms with Gasteiger partial charge in [0.1, 0.15) is 17.2 Å². The van der Waals surface area contributed by atoms with Crippen LogP contribution in [0.3, 0.4) is 0 Å². The number of hydrogen-bond donors (Lipinski definition) is 2. The van der Waals surface area contributed by atoms with E-state index in [2.05, 4.69) is 32.8 Å². The van der Waals surface area contributed by atoms with Gasteiger partial charge in [0, 0.05) is 44.0 Å². The lowest BCUT2D eigenvalue weighted by Crippen LogP contribution is -2.46. The number of likely N-dealkylation sites (tertiary alicyclic amines) is 1. The molecule has 6 nitrogen and oxygen atoms in total. The Kier molecular flexibility index (Phi) is 5.37. The third kappa shape index (κ3) is 3.87. The third-order valence-electron chi connectivity index (χ3n) is 5.34. The highest BCUT2D eigenvalue weighted by Crippen LogP contribution is 2.28. The maximum atomic E-state index is 10.2. The van der Waals surface area contributed by atoms with Crippen molar-refractivity contribution in [2.75, 3.05) is 37.7 Å². The van der Waals surface area contributed by atoms with E-state index in [-0.39, 0.29) is 6.61 Å². The van der Waals surface area contributed by atoms with E-state index in [0.29, 0.717) is 19.0 Å². The quantitative estimate of drug-likeness (QED) is 0.841. The number of β-amino-alcohol motifs (C(OH)–C–C–N with tert-alkyl or cyclic N) is 1. The Morgan fingerprint density at radius 3 is 2.62 bits per heavy atom. The molecular weight excluding hydrogens is 304 g/mol. The minimum absolute atomic E-state index is 0.136. The molecule has 2 aliphatic rings. The van der Waals surface area contributed by atoms with Crippen LogP contribution >= 0.6 is 0 Å². The fourth-order valence-corrected chi connectivity index (χ4v) is 3.95. The van der Waals surface area contributed by atoms with Crippen molar-refractivity contribution in [2.24, 2.45) is 0 Å². The van der Waals surface area contributed by atoms with Gasteiger partial charge in [0.2, 0.25) is 0 Å². The second kappa shape index (κ2) is 7.33. The summed E-state index contributed by atoms with van der Waals surface area (Å²) in [6.45, 7) is 7.46. The molecule has 0 aliphatic carbocycles. The molecule has 0 radical (unpaired) electrons. The van der Waals surface area contributed by atoms with Crippen LogP contribution in [0, 0.1) is 6.92 Å². The summed E-state index contributed by atoms with van der Waals surface area (Å²) in [6, 6.07) is 2.64. The summed E-state index contributed by atoms with van der Waals surface area (Å²) >= 11 is 0. The van der Waals surface area contributed by atoms with E-state index < -0.39 is 5.60 Å². The second-order valence-corrected chi connectivity index (χ2v) is 7.34. The van der Waals surface area contributed by atoms with Crippen LogP contribution in [0.25, 0.3) is 0 Å². The molecule has 24 heavy (non-hydrogen) atoms. The molecule has 134 valence electrons. The van der Waals surface area contributed by atoms with Crippen LogP contribution in [0.1, 0.15) is 44.1 Å². The Labute approximate surface area is 144 Å². The number of piperidine rings is 1. The van der Waals surface area contributed by atoms with Gasteiger partial charge in [0.25, 0.3) is 0 Å². The zero-order valence-electron chi connectivity index (χ0n) is 14.9. The normalized spacial score (nSPS) is 26.2. The van der Waals surface area contributed by atoms with Gasteiger partial charge >= 0.3 is 0 Å². The molecule has 0 saturated carbocycles. The number of rotatable bonds is 5. The van der Waals surface area contributed by atoms with E-state index in [0.717, 1.165) is 62.7 Å². The van der Waals surface area contributed by atoms with E-state index in [1.165, 1.54) is 0 Å². The van der Waals surface area contributed by atoms with Crippen molar-refractivity contribution < 1.29 is 10.2 Å². The van der Waals surface area contributed by atoms with Crippen LogP contribution in [0.4, 0.5) is 5.82 Å². The summed E-state index contributed by atoms with van der Waals surface area (Å²) in [7, 11) is 0. The van der Waals surface area contributed by atoms with Crippen molar-refractivity contribution in [2.45, 2.75) is 57.6 Å². The lowest BCUT2D eigenvalue weighted by Gasteiger charge is -2.37. The number of aromatic nitrogens is 2. The van der Waals surface area contributed by atoms with E-state index in [1.807, 2.05) is 6.92 Å². The molecule has 0 bridgehead atoms. The van der Waals surface area contributed by atoms with E-state index in [1.54, 1.807) is 0 Å². The van der Waals surface area contributed by atoms with Crippen LogP contribution in [0.5, 0.6) is 0 Å². The molecule has 2 saturated heterocycles. The highest BCUT2D eigenvalue weighted by molar-refractivity contribution is 5.40. The van der Waals surface area contributed by atoms with Crippen molar-refractivity contribution >= 4 is 5.82 Å². The fraction of sp³-hybridized carbons (Fsp3) is 0.778.